The van der Waals surface area contributed by atoms with Crippen molar-refractivity contribution in [1.82, 2.24) is 9.78 Å². The highest BCUT2D eigenvalue weighted by molar-refractivity contribution is 6.32. The van der Waals surface area contributed by atoms with Crippen LogP contribution < -0.4 is 0 Å². The summed E-state index contributed by atoms with van der Waals surface area (Å²) in [6.07, 6.45) is -3.19. The molecule has 0 amide bonds. The molecule has 0 fully saturated rings. The van der Waals surface area contributed by atoms with E-state index in [1.54, 1.807) is 0 Å². The van der Waals surface area contributed by atoms with Gasteiger partial charge in [-0.15, -0.1) is 0 Å². The van der Waals surface area contributed by atoms with Crippen molar-refractivity contribution >= 4 is 17.3 Å². The topological polar surface area (TPSA) is 61.0 Å². The van der Waals surface area contributed by atoms with Crippen LogP contribution in [0.25, 0.3) is 5.69 Å². The molecule has 2 aromatic rings. The molecule has 0 aliphatic rings. The van der Waals surface area contributed by atoms with Gasteiger partial charge in [0, 0.05) is 0 Å². The molecule has 1 heterocycles. The lowest BCUT2D eigenvalue weighted by atomic mass is 10.3. The Morgan fingerprint density at radius 2 is 2.00 bits per heavy atom. The molecule has 2 rings (SSSR count). The Kier molecular flexibility index (Phi) is 3.43. The second-order valence-electron chi connectivity index (χ2n) is 3.45. The lowest BCUT2D eigenvalue weighted by Gasteiger charge is -2.02. The highest BCUT2D eigenvalue weighted by Crippen LogP contribution is 2.36. The van der Waals surface area contributed by atoms with Crippen LogP contribution in [-0.2, 0) is 0 Å². The van der Waals surface area contributed by atoms with Crippen molar-refractivity contribution in [3.63, 3.8) is 0 Å². The van der Waals surface area contributed by atoms with Crippen molar-refractivity contribution in [1.29, 1.82) is 0 Å². The Balaban J connectivity index is 2.70. The van der Waals surface area contributed by atoms with Crippen molar-refractivity contribution in [3.8, 4) is 5.69 Å². The van der Waals surface area contributed by atoms with Gasteiger partial charge in [-0.05, 0) is 12.1 Å². The molecule has 0 aliphatic carbocycles. The fourth-order valence-corrected chi connectivity index (χ4v) is 1.80. The van der Waals surface area contributed by atoms with E-state index >= 15 is 0 Å². The van der Waals surface area contributed by atoms with E-state index in [2.05, 4.69) is 5.10 Å². The van der Waals surface area contributed by atoms with Gasteiger partial charge in [0.2, 0.25) is 10.8 Å². The van der Waals surface area contributed by atoms with E-state index in [4.69, 9.17) is 11.6 Å². The molecule has 1 aromatic heterocycles. The molecule has 0 aliphatic heterocycles. The molecule has 0 radical (unpaired) electrons. The smallest absolute Gasteiger partial charge is 0.258 e. The largest absolute Gasteiger partial charge is 0.335 e. The second-order valence-corrected chi connectivity index (χ2v) is 3.80. The van der Waals surface area contributed by atoms with Crippen LogP contribution in [0.1, 0.15) is 12.1 Å². The molecule has 19 heavy (non-hydrogen) atoms. The zero-order valence-electron chi connectivity index (χ0n) is 9.06. The van der Waals surface area contributed by atoms with Crippen molar-refractivity contribution in [3.05, 3.63) is 51.0 Å². The number of halogens is 4. The van der Waals surface area contributed by atoms with Crippen LogP contribution in [-0.4, -0.2) is 14.7 Å². The van der Waals surface area contributed by atoms with E-state index in [-0.39, 0.29) is 5.69 Å². The number of benzene rings is 1. The first kappa shape index (κ1) is 13.3. The number of nitro groups is 1. The summed E-state index contributed by atoms with van der Waals surface area (Å²) in [7, 11) is 0. The van der Waals surface area contributed by atoms with Crippen LogP contribution in [0.3, 0.4) is 0 Å². The highest BCUT2D eigenvalue weighted by Gasteiger charge is 2.33. The van der Waals surface area contributed by atoms with Gasteiger partial charge in [-0.3, -0.25) is 10.1 Å². The molecule has 1 aromatic carbocycles. The molecule has 0 unspecified atom stereocenters. The van der Waals surface area contributed by atoms with Gasteiger partial charge in [-0.2, -0.15) is 5.10 Å². The van der Waals surface area contributed by atoms with Crippen LogP contribution in [0.15, 0.2) is 24.3 Å². The summed E-state index contributed by atoms with van der Waals surface area (Å²) in [5, 5.41) is 13.4. The lowest BCUT2D eigenvalue weighted by molar-refractivity contribution is -0.386. The SMILES string of the molecule is O=[N+]([O-])c1c(C(F)F)nn(-c2ccccc2F)c1Cl. The van der Waals surface area contributed by atoms with Gasteiger partial charge in [0.25, 0.3) is 6.43 Å². The number of para-hydroxylation sites is 1. The van der Waals surface area contributed by atoms with Crippen LogP contribution >= 0.6 is 11.6 Å². The number of alkyl halides is 2. The standard InChI is InChI=1S/C10H5ClF3N3O2/c11-9-8(17(18)19)7(10(13)14)15-16(9)6-4-2-1-3-5(6)12/h1-4,10H. The average molecular weight is 292 g/mol. The molecule has 9 heteroatoms. The first-order valence-corrected chi connectivity index (χ1v) is 5.27. The summed E-state index contributed by atoms with van der Waals surface area (Å²) in [4.78, 5) is 9.64. The maximum Gasteiger partial charge on any atom is 0.335 e. The zero-order valence-corrected chi connectivity index (χ0v) is 9.81. The zero-order chi connectivity index (χ0) is 14.2. The molecule has 0 saturated heterocycles. The van der Waals surface area contributed by atoms with Crippen LogP contribution in [0.5, 0.6) is 0 Å². The predicted octanol–water partition coefficient (Wildman–Crippen LogP) is 3.51. The maximum atomic E-state index is 13.5. The summed E-state index contributed by atoms with van der Waals surface area (Å²) in [5.74, 6) is -0.789. The Bertz CT molecular complexity index is 645. The highest BCUT2D eigenvalue weighted by atomic mass is 35.5. The Hall–Kier alpha value is -2.09. The third kappa shape index (κ3) is 2.26. The summed E-state index contributed by atoms with van der Waals surface area (Å²) in [5.41, 5.74) is -2.37. The molecule has 0 spiro atoms. The van der Waals surface area contributed by atoms with E-state index < -0.39 is 33.7 Å². The Morgan fingerprint density at radius 3 is 2.47 bits per heavy atom. The summed E-state index contributed by atoms with van der Waals surface area (Å²) in [6, 6.07) is 5.07. The molecule has 0 saturated carbocycles. The molecule has 5 nitrogen and oxygen atoms in total. The predicted molar refractivity (Wildman–Crippen MR) is 60.1 cm³/mol. The fourth-order valence-electron chi connectivity index (χ4n) is 1.50. The van der Waals surface area contributed by atoms with Crippen molar-refractivity contribution in [2.24, 2.45) is 0 Å². The van der Waals surface area contributed by atoms with Crippen LogP contribution in [0.2, 0.25) is 5.15 Å². The molecule has 0 N–H and O–H groups in total. The van der Waals surface area contributed by atoms with E-state index in [0.29, 0.717) is 4.68 Å². The average Bonchev–Trinajstić information content (AvgIpc) is 2.68. The first-order chi connectivity index (χ1) is 8.93. The van der Waals surface area contributed by atoms with Gasteiger partial charge < -0.3 is 0 Å². The molecule has 100 valence electrons. The number of nitrogens with zero attached hydrogens (tertiary/aromatic N) is 3. The van der Waals surface area contributed by atoms with Gasteiger partial charge in [0.1, 0.15) is 11.5 Å². The van der Waals surface area contributed by atoms with Gasteiger partial charge in [0.05, 0.1) is 4.92 Å². The Labute approximate surface area is 109 Å². The minimum absolute atomic E-state index is 0.248. The van der Waals surface area contributed by atoms with Gasteiger partial charge >= 0.3 is 5.69 Å². The normalized spacial score (nSPS) is 11.0. The van der Waals surface area contributed by atoms with Crippen LogP contribution in [0, 0.1) is 15.9 Å². The minimum Gasteiger partial charge on any atom is -0.258 e. The third-order valence-corrected chi connectivity index (χ3v) is 2.64. The second kappa shape index (κ2) is 4.88. The third-order valence-electron chi connectivity index (χ3n) is 2.30. The summed E-state index contributed by atoms with van der Waals surface area (Å²) in [6.45, 7) is 0. The van der Waals surface area contributed by atoms with Gasteiger partial charge in [-0.25, -0.2) is 17.9 Å². The maximum absolute atomic E-state index is 13.5. The number of rotatable bonds is 3. The summed E-state index contributed by atoms with van der Waals surface area (Å²) >= 11 is 5.63. The molecular weight excluding hydrogens is 287 g/mol. The van der Waals surface area contributed by atoms with Crippen LogP contribution in [0.4, 0.5) is 18.9 Å². The van der Waals surface area contributed by atoms with Crippen molar-refractivity contribution in [2.45, 2.75) is 6.43 Å². The van der Waals surface area contributed by atoms with E-state index in [1.807, 2.05) is 0 Å². The minimum atomic E-state index is -3.19. The van der Waals surface area contributed by atoms with Gasteiger partial charge in [-0.1, -0.05) is 23.7 Å². The number of hydrogen-bond donors (Lipinski definition) is 0. The lowest BCUT2D eigenvalue weighted by Crippen LogP contribution is -2.00. The first-order valence-electron chi connectivity index (χ1n) is 4.89. The summed E-state index contributed by atoms with van der Waals surface area (Å²) < 4.78 is 39.4. The van der Waals surface area contributed by atoms with Crippen molar-refractivity contribution in [2.75, 3.05) is 0 Å². The van der Waals surface area contributed by atoms with E-state index in [0.717, 1.165) is 6.07 Å². The number of aromatic nitrogens is 2. The number of hydrogen-bond acceptors (Lipinski definition) is 3. The molecular formula is C10H5ClF3N3O2. The van der Waals surface area contributed by atoms with E-state index in [1.165, 1.54) is 18.2 Å². The van der Waals surface area contributed by atoms with Gasteiger partial charge in [0.15, 0.2) is 0 Å². The van der Waals surface area contributed by atoms with Crippen molar-refractivity contribution < 1.29 is 18.1 Å². The monoisotopic (exact) mass is 291 g/mol. The quantitative estimate of drug-likeness (QED) is 0.642. The van der Waals surface area contributed by atoms with E-state index in [9.17, 15) is 23.3 Å². The molecule has 0 atom stereocenters. The Morgan fingerprint density at radius 1 is 1.37 bits per heavy atom. The fraction of sp³-hybridized carbons (Fsp3) is 0.100. The molecule has 0 bridgehead atoms.